The molecule has 1 fully saturated rings. The molecule has 0 bridgehead atoms. The van der Waals surface area contributed by atoms with Gasteiger partial charge in [0.1, 0.15) is 24.4 Å². The van der Waals surface area contributed by atoms with Gasteiger partial charge in [-0.3, -0.25) is 4.52 Å². The average molecular weight is 347 g/mol. The maximum atomic E-state index is 10.6. The van der Waals surface area contributed by atoms with Gasteiger partial charge in [-0.05, 0) is 0 Å². The first-order chi connectivity index (χ1) is 10.3. The SMILES string of the molecule is NCCOCCO[C@H]1O[C@H](COP(=O)(O)O)[C@@H](O)[C@H](O)[C@@H]1O. The van der Waals surface area contributed by atoms with Crippen LogP contribution in [0.4, 0.5) is 0 Å². The zero-order chi connectivity index (χ0) is 16.8. The maximum absolute atomic E-state index is 10.6. The Bertz CT molecular complexity index is 366. The van der Waals surface area contributed by atoms with Gasteiger partial charge in [0, 0.05) is 6.54 Å². The van der Waals surface area contributed by atoms with E-state index in [9.17, 15) is 19.9 Å². The van der Waals surface area contributed by atoms with E-state index in [1.54, 1.807) is 0 Å². The molecule has 0 spiro atoms. The molecule has 0 unspecified atom stereocenters. The van der Waals surface area contributed by atoms with Crippen molar-refractivity contribution in [3.8, 4) is 0 Å². The molecule has 1 aliphatic rings. The van der Waals surface area contributed by atoms with Crippen LogP contribution in [0.5, 0.6) is 0 Å². The van der Waals surface area contributed by atoms with Crippen LogP contribution in [0.15, 0.2) is 0 Å². The predicted molar refractivity (Wildman–Crippen MR) is 70.5 cm³/mol. The standard InChI is InChI=1S/C10H22NO10P/c11-1-2-18-3-4-19-10-9(14)8(13)7(12)6(21-10)5-20-22(15,16)17/h6-10,12-14H,1-5,11H2,(H2,15,16,17)/t6-,7-,8+,9+,10+/m1/s1. The maximum Gasteiger partial charge on any atom is 0.469 e. The first-order valence-corrected chi connectivity index (χ1v) is 8.08. The summed E-state index contributed by atoms with van der Waals surface area (Å²) in [5.74, 6) is 0. The first-order valence-electron chi connectivity index (χ1n) is 6.55. The summed E-state index contributed by atoms with van der Waals surface area (Å²) in [5, 5.41) is 29.1. The van der Waals surface area contributed by atoms with Gasteiger partial charge in [0.15, 0.2) is 6.29 Å². The number of phosphoric ester groups is 1. The molecule has 5 atom stereocenters. The highest BCUT2D eigenvalue weighted by atomic mass is 31.2. The van der Waals surface area contributed by atoms with Crippen molar-refractivity contribution >= 4 is 7.82 Å². The minimum atomic E-state index is -4.76. The Balaban J connectivity index is 2.49. The van der Waals surface area contributed by atoms with Gasteiger partial charge < -0.3 is 45.1 Å². The monoisotopic (exact) mass is 347 g/mol. The summed E-state index contributed by atoms with van der Waals surface area (Å²) >= 11 is 0. The fraction of sp³-hybridized carbons (Fsp3) is 1.00. The normalized spacial score (nSPS) is 33.1. The molecule has 0 aromatic rings. The van der Waals surface area contributed by atoms with Gasteiger partial charge in [0.25, 0.3) is 0 Å². The number of hydrogen-bond acceptors (Lipinski definition) is 9. The number of hydrogen-bond donors (Lipinski definition) is 6. The van der Waals surface area contributed by atoms with Crippen LogP contribution in [0.2, 0.25) is 0 Å². The van der Waals surface area contributed by atoms with Crippen molar-refractivity contribution in [1.82, 2.24) is 0 Å². The summed E-state index contributed by atoms with van der Waals surface area (Å²) in [6.07, 6.45) is -7.31. The molecule has 11 nitrogen and oxygen atoms in total. The minimum absolute atomic E-state index is 0.0244. The molecule has 0 aliphatic carbocycles. The van der Waals surface area contributed by atoms with Crippen LogP contribution in [0.1, 0.15) is 0 Å². The smallest absolute Gasteiger partial charge is 0.387 e. The van der Waals surface area contributed by atoms with Crippen molar-refractivity contribution in [3.63, 3.8) is 0 Å². The molecule has 1 heterocycles. The van der Waals surface area contributed by atoms with Gasteiger partial charge in [-0.1, -0.05) is 0 Å². The van der Waals surface area contributed by atoms with Crippen molar-refractivity contribution in [2.45, 2.75) is 30.7 Å². The van der Waals surface area contributed by atoms with Gasteiger partial charge in [0.2, 0.25) is 0 Å². The third-order valence-corrected chi connectivity index (χ3v) is 3.33. The molecule has 132 valence electrons. The lowest BCUT2D eigenvalue weighted by atomic mass is 9.99. The predicted octanol–water partition coefficient (Wildman–Crippen LogP) is -3.10. The number of ether oxygens (including phenoxy) is 3. The first kappa shape index (κ1) is 19.9. The number of aliphatic hydroxyl groups is 3. The molecule has 0 aromatic heterocycles. The van der Waals surface area contributed by atoms with E-state index in [0.29, 0.717) is 13.2 Å². The highest BCUT2D eigenvalue weighted by molar-refractivity contribution is 7.46. The highest BCUT2D eigenvalue weighted by Gasteiger charge is 2.44. The van der Waals surface area contributed by atoms with Crippen LogP contribution in [0.3, 0.4) is 0 Å². The van der Waals surface area contributed by atoms with Gasteiger partial charge >= 0.3 is 7.82 Å². The lowest BCUT2D eigenvalue weighted by Gasteiger charge is -2.40. The molecule has 1 aliphatic heterocycles. The van der Waals surface area contributed by atoms with Crippen LogP contribution < -0.4 is 5.73 Å². The summed E-state index contributed by atoms with van der Waals surface area (Å²) in [6, 6.07) is 0. The average Bonchev–Trinajstić information content (AvgIpc) is 2.44. The van der Waals surface area contributed by atoms with Crippen LogP contribution in [0.25, 0.3) is 0 Å². The fourth-order valence-electron chi connectivity index (χ4n) is 1.77. The van der Waals surface area contributed by atoms with Crippen molar-refractivity contribution in [2.24, 2.45) is 5.73 Å². The Labute approximate surface area is 126 Å². The lowest BCUT2D eigenvalue weighted by Crippen LogP contribution is -2.59. The second-order valence-corrected chi connectivity index (χ2v) is 5.81. The van der Waals surface area contributed by atoms with Crippen molar-refractivity contribution in [3.05, 3.63) is 0 Å². The molecule has 22 heavy (non-hydrogen) atoms. The Morgan fingerprint density at radius 2 is 1.73 bits per heavy atom. The fourth-order valence-corrected chi connectivity index (χ4v) is 2.11. The number of rotatable bonds is 9. The molecule has 1 rings (SSSR count). The quantitative estimate of drug-likeness (QED) is 0.183. The number of nitrogens with two attached hydrogens (primary N) is 1. The van der Waals surface area contributed by atoms with E-state index in [0.717, 1.165) is 0 Å². The second-order valence-electron chi connectivity index (χ2n) is 4.57. The Morgan fingerprint density at radius 1 is 1.05 bits per heavy atom. The molecule has 7 N–H and O–H groups in total. The largest absolute Gasteiger partial charge is 0.469 e. The molecule has 12 heteroatoms. The van der Waals surface area contributed by atoms with Crippen LogP contribution in [-0.2, 0) is 23.3 Å². The van der Waals surface area contributed by atoms with E-state index < -0.39 is 45.1 Å². The van der Waals surface area contributed by atoms with E-state index in [1.165, 1.54) is 0 Å². The van der Waals surface area contributed by atoms with Crippen LogP contribution in [0, 0.1) is 0 Å². The molecule has 0 amide bonds. The molecule has 0 radical (unpaired) electrons. The summed E-state index contributed by atoms with van der Waals surface area (Å²) in [6.45, 7) is 0.189. The molecular weight excluding hydrogens is 325 g/mol. The molecule has 1 saturated heterocycles. The van der Waals surface area contributed by atoms with Gasteiger partial charge in [-0.15, -0.1) is 0 Å². The molecule has 0 aromatic carbocycles. The van der Waals surface area contributed by atoms with E-state index in [4.69, 9.17) is 29.7 Å². The van der Waals surface area contributed by atoms with Gasteiger partial charge in [-0.25, -0.2) is 4.57 Å². The second kappa shape index (κ2) is 9.21. The molecular formula is C10H22NO10P. The van der Waals surface area contributed by atoms with Crippen LogP contribution >= 0.6 is 7.82 Å². The third-order valence-electron chi connectivity index (χ3n) is 2.85. The van der Waals surface area contributed by atoms with Crippen molar-refractivity contribution in [2.75, 3.05) is 33.0 Å². The Kier molecular flexibility index (Phi) is 8.32. The van der Waals surface area contributed by atoms with Crippen LogP contribution in [-0.4, -0.2) is 88.8 Å². The number of phosphoric acid groups is 1. The van der Waals surface area contributed by atoms with Crippen molar-refractivity contribution < 1.29 is 48.4 Å². The Hall–Kier alpha value is -0.170. The third kappa shape index (κ3) is 6.52. The summed E-state index contributed by atoms with van der Waals surface area (Å²) in [5.41, 5.74) is 5.23. The Morgan fingerprint density at radius 3 is 2.32 bits per heavy atom. The highest BCUT2D eigenvalue weighted by Crippen LogP contribution is 2.37. The van der Waals surface area contributed by atoms with Gasteiger partial charge in [0.05, 0.1) is 26.4 Å². The topological polar surface area (TPSA) is 181 Å². The number of aliphatic hydroxyl groups excluding tert-OH is 3. The van der Waals surface area contributed by atoms with Crippen molar-refractivity contribution in [1.29, 1.82) is 0 Å². The summed E-state index contributed by atoms with van der Waals surface area (Å²) in [4.78, 5) is 17.2. The minimum Gasteiger partial charge on any atom is -0.387 e. The zero-order valence-corrected chi connectivity index (χ0v) is 12.6. The summed E-state index contributed by atoms with van der Waals surface area (Å²) < 4.78 is 30.2. The van der Waals surface area contributed by atoms with E-state index >= 15 is 0 Å². The molecule has 0 saturated carbocycles. The zero-order valence-electron chi connectivity index (χ0n) is 11.7. The van der Waals surface area contributed by atoms with Gasteiger partial charge in [-0.2, -0.15) is 0 Å². The van der Waals surface area contributed by atoms with E-state index in [-0.39, 0.29) is 13.2 Å². The lowest BCUT2D eigenvalue weighted by molar-refractivity contribution is -0.301. The van der Waals surface area contributed by atoms with E-state index in [1.807, 2.05) is 0 Å². The summed E-state index contributed by atoms with van der Waals surface area (Å²) in [7, 11) is -4.76. The van der Waals surface area contributed by atoms with E-state index in [2.05, 4.69) is 4.52 Å².